The van der Waals surface area contributed by atoms with Crippen molar-refractivity contribution in [2.24, 2.45) is 0 Å². The first-order valence-electron chi connectivity index (χ1n) is 10.3. The van der Waals surface area contributed by atoms with E-state index in [4.69, 9.17) is 9.39 Å². The molecule has 2 aromatic rings. The van der Waals surface area contributed by atoms with Gasteiger partial charge in [0.15, 0.2) is 0 Å². The molecule has 2 aliphatic heterocycles. The lowest BCUT2D eigenvalue weighted by Crippen LogP contribution is -2.53. The molecule has 6 nitrogen and oxygen atoms in total. The lowest BCUT2D eigenvalue weighted by Gasteiger charge is -2.42. The van der Waals surface area contributed by atoms with E-state index in [1.165, 1.54) is 0 Å². The van der Waals surface area contributed by atoms with Crippen molar-refractivity contribution in [3.63, 3.8) is 0 Å². The van der Waals surface area contributed by atoms with Crippen LogP contribution in [0.1, 0.15) is 36.6 Å². The number of hydrogen-bond acceptors (Lipinski definition) is 6. The topological polar surface area (TPSA) is 59.1 Å². The molecule has 0 bridgehead atoms. The van der Waals surface area contributed by atoms with E-state index < -0.39 is 9.84 Å². The number of benzene rings is 2. The molecule has 2 atom stereocenters. The Morgan fingerprint density at radius 3 is 2.47 bits per heavy atom. The summed E-state index contributed by atoms with van der Waals surface area (Å²) in [5, 5.41) is 0. The molecule has 1 saturated heterocycles. The zero-order chi connectivity index (χ0) is 21.3. The van der Waals surface area contributed by atoms with Crippen molar-refractivity contribution in [2.75, 3.05) is 26.7 Å². The minimum absolute atomic E-state index is 0.207. The van der Waals surface area contributed by atoms with E-state index in [0.29, 0.717) is 29.0 Å². The number of hydrogen-bond donors (Lipinski definition) is 0. The summed E-state index contributed by atoms with van der Waals surface area (Å²) in [6.07, 6.45) is 0. The zero-order valence-corrected chi connectivity index (χ0v) is 18.6. The Bertz CT molecular complexity index is 997. The molecule has 0 aliphatic carbocycles. The van der Waals surface area contributed by atoms with Gasteiger partial charge in [-0.1, -0.05) is 18.2 Å². The summed E-state index contributed by atoms with van der Waals surface area (Å²) in [6.45, 7) is 8.17. The molecule has 4 rings (SSSR count). The van der Waals surface area contributed by atoms with Crippen LogP contribution < -0.4 is 0 Å². The van der Waals surface area contributed by atoms with Gasteiger partial charge in [0.2, 0.25) is 9.84 Å². The second kappa shape index (κ2) is 8.81. The van der Waals surface area contributed by atoms with Crippen LogP contribution in [0.4, 0.5) is 0 Å². The fourth-order valence-corrected chi connectivity index (χ4v) is 5.70. The Morgan fingerprint density at radius 1 is 1.07 bits per heavy atom. The summed E-state index contributed by atoms with van der Waals surface area (Å²) >= 11 is 0. The van der Waals surface area contributed by atoms with Crippen molar-refractivity contribution >= 4 is 17.5 Å². The molecule has 159 valence electrons. The normalized spacial score (nSPS) is 21.4. The number of nitrogens with zero attached hydrogens (tertiary/aromatic N) is 2. The van der Waals surface area contributed by atoms with E-state index in [1.54, 1.807) is 39.0 Å². The molecule has 0 unspecified atom stereocenters. The van der Waals surface area contributed by atoms with Crippen molar-refractivity contribution in [2.45, 2.75) is 48.9 Å². The van der Waals surface area contributed by atoms with Crippen LogP contribution in [0.3, 0.4) is 0 Å². The van der Waals surface area contributed by atoms with Gasteiger partial charge in [-0.05, 0) is 54.8 Å². The standard InChI is InChI=1S/C22H28BN2O4S/c1-16-13-24(23-28-3)10-11-25(16)17(2)18-4-7-21(8-5-18)30(26,27)22-9-6-19-14-29-15-20(19)12-22/h4-9,12,16-17H,10-11,13-15H2,1-3H3/t16-,17-/m0/s1. The first-order chi connectivity index (χ1) is 14.4. The number of piperazine rings is 1. The maximum absolute atomic E-state index is 13.1. The lowest BCUT2D eigenvalue weighted by atomic mass is 10.0. The molecular formula is C22H28BN2O4S. The average Bonchev–Trinajstić information content (AvgIpc) is 3.22. The first-order valence-corrected chi connectivity index (χ1v) is 11.8. The van der Waals surface area contributed by atoms with Crippen LogP contribution in [0.5, 0.6) is 0 Å². The molecule has 8 heteroatoms. The van der Waals surface area contributed by atoms with Gasteiger partial charge in [-0.25, -0.2) is 8.42 Å². The van der Waals surface area contributed by atoms with Crippen molar-refractivity contribution in [1.82, 2.24) is 9.71 Å². The Morgan fingerprint density at radius 2 is 1.77 bits per heavy atom. The molecule has 1 fully saturated rings. The molecule has 2 aromatic carbocycles. The van der Waals surface area contributed by atoms with Crippen molar-refractivity contribution in [1.29, 1.82) is 0 Å². The van der Waals surface area contributed by atoms with Crippen LogP contribution >= 0.6 is 0 Å². The van der Waals surface area contributed by atoms with Crippen LogP contribution in [0.25, 0.3) is 0 Å². The molecule has 0 spiro atoms. The first kappa shape index (κ1) is 21.5. The van der Waals surface area contributed by atoms with Gasteiger partial charge in [0.1, 0.15) is 0 Å². The number of ether oxygens (including phenoxy) is 1. The summed E-state index contributed by atoms with van der Waals surface area (Å²) < 4.78 is 36.7. The molecule has 0 N–H and O–H groups in total. The molecule has 0 amide bonds. The van der Waals surface area contributed by atoms with E-state index in [0.717, 1.165) is 36.3 Å². The SMILES string of the molecule is CO[B]N1CCN([C@@H](C)c2ccc(S(=O)(=O)c3ccc4c(c3)COC4)cc2)[C@@H](C)C1. The Balaban J connectivity index is 1.50. The predicted molar refractivity (Wildman–Crippen MR) is 116 cm³/mol. The number of fused-ring (bicyclic) bond motifs is 1. The zero-order valence-electron chi connectivity index (χ0n) is 17.7. The van der Waals surface area contributed by atoms with Crippen molar-refractivity contribution in [3.05, 3.63) is 59.2 Å². The second-order valence-electron chi connectivity index (χ2n) is 8.09. The quantitative estimate of drug-likeness (QED) is 0.661. The highest BCUT2D eigenvalue weighted by Crippen LogP contribution is 2.29. The monoisotopic (exact) mass is 427 g/mol. The van der Waals surface area contributed by atoms with Crippen LogP contribution in [-0.4, -0.2) is 58.5 Å². The maximum atomic E-state index is 13.1. The Hall–Kier alpha value is -1.71. The van der Waals surface area contributed by atoms with Crippen molar-refractivity contribution in [3.8, 4) is 0 Å². The van der Waals surface area contributed by atoms with E-state index in [2.05, 4.69) is 23.6 Å². The third-order valence-electron chi connectivity index (χ3n) is 6.14. The Kier molecular flexibility index (Phi) is 6.32. The molecule has 30 heavy (non-hydrogen) atoms. The largest absolute Gasteiger partial charge is 0.427 e. The van der Waals surface area contributed by atoms with Gasteiger partial charge in [0, 0.05) is 38.8 Å². The van der Waals surface area contributed by atoms with E-state index >= 15 is 0 Å². The molecule has 1 radical (unpaired) electrons. The average molecular weight is 427 g/mol. The third-order valence-corrected chi connectivity index (χ3v) is 7.91. The maximum Gasteiger partial charge on any atom is 0.398 e. The molecule has 2 aliphatic rings. The molecule has 2 heterocycles. The van der Waals surface area contributed by atoms with Gasteiger partial charge in [0.05, 0.1) is 23.0 Å². The predicted octanol–water partition coefficient (Wildman–Crippen LogP) is 2.80. The minimum Gasteiger partial charge on any atom is -0.427 e. The summed E-state index contributed by atoms with van der Waals surface area (Å²) in [6, 6.07) is 13.2. The van der Waals surface area contributed by atoms with Crippen LogP contribution in [0, 0.1) is 0 Å². The Labute approximate surface area is 180 Å². The molecule has 0 aromatic heterocycles. The highest BCUT2D eigenvalue weighted by molar-refractivity contribution is 7.91. The third kappa shape index (κ3) is 4.20. The fraction of sp³-hybridized carbons (Fsp3) is 0.455. The molecular weight excluding hydrogens is 399 g/mol. The molecule has 0 saturated carbocycles. The van der Waals surface area contributed by atoms with Gasteiger partial charge in [-0.2, -0.15) is 0 Å². The summed E-state index contributed by atoms with van der Waals surface area (Å²) in [4.78, 5) is 5.28. The summed E-state index contributed by atoms with van der Waals surface area (Å²) in [5.74, 6) is 0. The second-order valence-corrected chi connectivity index (χ2v) is 10.0. The van der Waals surface area contributed by atoms with Gasteiger partial charge >= 0.3 is 7.62 Å². The van der Waals surface area contributed by atoms with E-state index in [-0.39, 0.29) is 6.04 Å². The number of rotatable bonds is 6. The van der Waals surface area contributed by atoms with Crippen molar-refractivity contribution < 1.29 is 17.8 Å². The van der Waals surface area contributed by atoms with Gasteiger partial charge < -0.3 is 14.2 Å². The minimum atomic E-state index is -3.55. The highest BCUT2D eigenvalue weighted by Gasteiger charge is 2.29. The smallest absolute Gasteiger partial charge is 0.398 e. The van der Waals surface area contributed by atoms with Gasteiger partial charge in [0.25, 0.3) is 0 Å². The van der Waals surface area contributed by atoms with E-state index in [1.807, 2.05) is 18.2 Å². The number of sulfone groups is 1. The highest BCUT2D eigenvalue weighted by atomic mass is 32.2. The van der Waals surface area contributed by atoms with E-state index in [9.17, 15) is 8.42 Å². The van der Waals surface area contributed by atoms with Crippen LogP contribution in [-0.2, 0) is 32.4 Å². The summed E-state index contributed by atoms with van der Waals surface area (Å²) in [7, 11) is -0.0927. The lowest BCUT2D eigenvalue weighted by molar-refractivity contribution is 0.0839. The fourth-order valence-electron chi connectivity index (χ4n) is 4.39. The van der Waals surface area contributed by atoms with Crippen LogP contribution in [0.15, 0.2) is 52.3 Å². The summed E-state index contributed by atoms with van der Waals surface area (Å²) in [5.41, 5.74) is 3.14. The van der Waals surface area contributed by atoms with Gasteiger partial charge in [-0.3, -0.25) is 4.90 Å². The van der Waals surface area contributed by atoms with Crippen LogP contribution in [0.2, 0.25) is 0 Å². The van der Waals surface area contributed by atoms with Gasteiger partial charge in [-0.15, -0.1) is 0 Å².